The highest BCUT2D eigenvalue weighted by atomic mass is 79.9. The fraction of sp³-hybridized carbons (Fsp3) is 0.250. The van der Waals surface area contributed by atoms with Gasteiger partial charge in [0, 0.05) is 21.9 Å². The minimum atomic E-state index is -3.56. The average Bonchev–Trinajstić information content (AvgIpc) is 2.49. The highest BCUT2D eigenvalue weighted by Gasteiger charge is 2.13. The summed E-state index contributed by atoms with van der Waals surface area (Å²) in [5.41, 5.74) is 1.51. The Balaban J connectivity index is 2.11. The molecule has 2 N–H and O–H groups in total. The number of sulfonamides is 1. The van der Waals surface area contributed by atoms with E-state index in [1.165, 1.54) is 0 Å². The summed E-state index contributed by atoms with van der Waals surface area (Å²) in [6.45, 7) is 4.21. The van der Waals surface area contributed by atoms with Gasteiger partial charge in [0.05, 0.1) is 4.90 Å². The molecule has 1 atom stereocenters. The summed E-state index contributed by atoms with van der Waals surface area (Å²) >= 11 is 3.29. The maximum absolute atomic E-state index is 12.3. The van der Waals surface area contributed by atoms with Crippen LogP contribution in [0.2, 0.25) is 0 Å². The van der Waals surface area contributed by atoms with Crippen LogP contribution in [-0.4, -0.2) is 14.5 Å². The van der Waals surface area contributed by atoms with Crippen molar-refractivity contribution in [2.45, 2.75) is 31.2 Å². The molecule has 0 amide bonds. The lowest BCUT2D eigenvalue weighted by atomic mass is 10.2. The number of hydrogen-bond acceptors (Lipinski definition) is 3. The fourth-order valence-electron chi connectivity index (χ4n) is 1.85. The van der Waals surface area contributed by atoms with Crippen LogP contribution in [0.25, 0.3) is 0 Å². The molecule has 6 heteroatoms. The summed E-state index contributed by atoms with van der Waals surface area (Å²) in [5.74, 6) is 0. The van der Waals surface area contributed by atoms with Crippen LogP contribution in [0.15, 0.2) is 57.9 Å². The zero-order valence-electron chi connectivity index (χ0n) is 12.5. The van der Waals surface area contributed by atoms with Gasteiger partial charge in [0.15, 0.2) is 0 Å². The maximum atomic E-state index is 12.3. The minimum absolute atomic E-state index is 0.234. The molecular formula is C16H19BrN2O2S. The molecule has 22 heavy (non-hydrogen) atoms. The largest absolute Gasteiger partial charge is 0.383 e. The van der Waals surface area contributed by atoms with E-state index in [0.29, 0.717) is 11.7 Å². The van der Waals surface area contributed by atoms with Crippen molar-refractivity contribution in [2.24, 2.45) is 0 Å². The van der Waals surface area contributed by atoms with Crippen molar-refractivity contribution in [3.63, 3.8) is 0 Å². The van der Waals surface area contributed by atoms with Gasteiger partial charge in [0.1, 0.15) is 0 Å². The topological polar surface area (TPSA) is 58.2 Å². The molecule has 2 rings (SSSR count). The molecule has 0 heterocycles. The Labute approximate surface area is 140 Å². The molecule has 0 radical (unpaired) electrons. The SMILES string of the molecule is CCC(C)Nc1ccc(NS(=O)(=O)c2ccc(Br)cc2)cc1. The van der Waals surface area contributed by atoms with Crippen molar-refractivity contribution in [1.82, 2.24) is 0 Å². The van der Waals surface area contributed by atoms with E-state index in [4.69, 9.17) is 0 Å². The number of benzene rings is 2. The highest BCUT2D eigenvalue weighted by Crippen LogP contribution is 2.20. The first-order valence-electron chi connectivity index (χ1n) is 7.05. The van der Waals surface area contributed by atoms with E-state index >= 15 is 0 Å². The predicted molar refractivity (Wildman–Crippen MR) is 94.8 cm³/mol. The summed E-state index contributed by atoms with van der Waals surface area (Å²) in [5, 5.41) is 3.34. The molecule has 0 fully saturated rings. The highest BCUT2D eigenvalue weighted by molar-refractivity contribution is 9.10. The van der Waals surface area contributed by atoms with Crippen LogP contribution in [0.3, 0.4) is 0 Å². The van der Waals surface area contributed by atoms with Crippen molar-refractivity contribution in [1.29, 1.82) is 0 Å². The molecule has 118 valence electrons. The van der Waals surface area contributed by atoms with E-state index in [0.717, 1.165) is 16.6 Å². The Kier molecular flexibility index (Phi) is 5.47. The minimum Gasteiger partial charge on any atom is -0.383 e. The third kappa shape index (κ3) is 4.48. The lowest BCUT2D eigenvalue weighted by molar-refractivity contribution is 0.601. The second-order valence-electron chi connectivity index (χ2n) is 5.09. The summed E-state index contributed by atoms with van der Waals surface area (Å²) in [6, 6.07) is 14.1. The number of hydrogen-bond donors (Lipinski definition) is 2. The van der Waals surface area contributed by atoms with Gasteiger partial charge in [-0.05, 0) is 61.9 Å². The van der Waals surface area contributed by atoms with E-state index < -0.39 is 10.0 Å². The standard InChI is InChI=1S/C16H19BrN2O2S/c1-3-12(2)18-14-6-8-15(9-7-14)19-22(20,21)16-10-4-13(17)5-11-16/h4-12,18-19H,3H2,1-2H3. The first kappa shape index (κ1) is 16.8. The van der Waals surface area contributed by atoms with Crippen molar-refractivity contribution >= 4 is 37.3 Å². The van der Waals surface area contributed by atoms with Crippen LogP contribution >= 0.6 is 15.9 Å². The van der Waals surface area contributed by atoms with E-state index in [9.17, 15) is 8.42 Å². The van der Waals surface area contributed by atoms with Crippen LogP contribution in [0.1, 0.15) is 20.3 Å². The van der Waals surface area contributed by atoms with Gasteiger partial charge in [-0.25, -0.2) is 8.42 Å². The molecule has 0 spiro atoms. The lowest BCUT2D eigenvalue weighted by Crippen LogP contribution is -2.14. The van der Waals surface area contributed by atoms with Gasteiger partial charge in [0.2, 0.25) is 0 Å². The van der Waals surface area contributed by atoms with E-state index in [-0.39, 0.29) is 4.90 Å². The number of rotatable bonds is 6. The maximum Gasteiger partial charge on any atom is 0.261 e. The monoisotopic (exact) mass is 382 g/mol. The van der Waals surface area contributed by atoms with Crippen LogP contribution < -0.4 is 10.0 Å². The van der Waals surface area contributed by atoms with Crippen LogP contribution in [0.5, 0.6) is 0 Å². The van der Waals surface area contributed by atoms with E-state index in [1.54, 1.807) is 36.4 Å². The molecule has 0 aromatic heterocycles. The first-order chi connectivity index (χ1) is 10.4. The Hall–Kier alpha value is -1.53. The summed E-state index contributed by atoms with van der Waals surface area (Å²) in [7, 11) is -3.56. The molecule has 0 bridgehead atoms. The number of anilines is 2. The molecule has 2 aromatic carbocycles. The zero-order valence-corrected chi connectivity index (χ0v) is 14.9. The normalized spacial score (nSPS) is 12.7. The van der Waals surface area contributed by atoms with Crippen molar-refractivity contribution < 1.29 is 8.42 Å². The van der Waals surface area contributed by atoms with Crippen LogP contribution in [0.4, 0.5) is 11.4 Å². The molecule has 0 aliphatic heterocycles. The van der Waals surface area contributed by atoms with Gasteiger partial charge < -0.3 is 5.32 Å². The predicted octanol–water partition coefficient (Wildman–Crippen LogP) is 4.46. The van der Waals surface area contributed by atoms with Gasteiger partial charge in [0.25, 0.3) is 10.0 Å². The molecule has 0 aliphatic rings. The Morgan fingerprint density at radius 3 is 2.09 bits per heavy atom. The third-order valence-corrected chi connectivity index (χ3v) is 5.21. The van der Waals surface area contributed by atoms with Crippen LogP contribution in [0, 0.1) is 0 Å². The molecular weight excluding hydrogens is 364 g/mol. The smallest absolute Gasteiger partial charge is 0.261 e. The van der Waals surface area contributed by atoms with E-state index in [2.05, 4.69) is 39.8 Å². The molecule has 4 nitrogen and oxygen atoms in total. The van der Waals surface area contributed by atoms with Crippen molar-refractivity contribution in [3.8, 4) is 0 Å². The summed E-state index contributed by atoms with van der Waals surface area (Å²) in [6.07, 6.45) is 1.03. The third-order valence-electron chi connectivity index (χ3n) is 3.29. The molecule has 1 unspecified atom stereocenters. The Morgan fingerprint density at radius 1 is 1.00 bits per heavy atom. The van der Waals surface area contributed by atoms with Gasteiger partial charge >= 0.3 is 0 Å². The first-order valence-corrected chi connectivity index (χ1v) is 9.33. The molecule has 0 saturated carbocycles. The van der Waals surface area contributed by atoms with Crippen molar-refractivity contribution in [3.05, 3.63) is 53.0 Å². The van der Waals surface area contributed by atoms with Crippen LogP contribution in [-0.2, 0) is 10.0 Å². The Bertz CT molecular complexity index is 713. The van der Waals surface area contributed by atoms with Gasteiger partial charge in [-0.3, -0.25) is 4.72 Å². The van der Waals surface area contributed by atoms with Gasteiger partial charge in [-0.1, -0.05) is 22.9 Å². The summed E-state index contributed by atoms with van der Waals surface area (Å²) in [4.78, 5) is 0.234. The summed E-state index contributed by atoms with van der Waals surface area (Å²) < 4.78 is 28.0. The Morgan fingerprint density at radius 2 is 1.55 bits per heavy atom. The molecule has 0 aliphatic carbocycles. The number of nitrogens with one attached hydrogen (secondary N) is 2. The lowest BCUT2D eigenvalue weighted by Gasteiger charge is -2.14. The second kappa shape index (κ2) is 7.15. The number of halogens is 1. The quantitative estimate of drug-likeness (QED) is 0.774. The van der Waals surface area contributed by atoms with E-state index in [1.807, 2.05) is 12.1 Å². The van der Waals surface area contributed by atoms with Gasteiger partial charge in [-0.2, -0.15) is 0 Å². The molecule has 2 aromatic rings. The fourth-order valence-corrected chi connectivity index (χ4v) is 3.17. The van der Waals surface area contributed by atoms with Crippen molar-refractivity contribution in [2.75, 3.05) is 10.0 Å². The molecule has 0 saturated heterocycles. The second-order valence-corrected chi connectivity index (χ2v) is 7.69. The van der Waals surface area contributed by atoms with Gasteiger partial charge in [-0.15, -0.1) is 0 Å². The zero-order chi connectivity index (χ0) is 16.2. The average molecular weight is 383 g/mol.